The number of sulfone groups is 1. The molecular weight excluding hydrogens is 426 g/mol. The lowest BCUT2D eigenvalue weighted by Crippen LogP contribution is -2.46. The van der Waals surface area contributed by atoms with E-state index in [0.717, 1.165) is 35.4 Å². The molecule has 1 saturated heterocycles. The Morgan fingerprint density at radius 2 is 1.88 bits per heavy atom. The first kappa shape index (κ1) is 20.8. The molecule has 1 aromatic heterocycles. The fourth-order valence-electron chi connectivity index (χ4n) is 4.21. The van der Waals surface area contributed by atoms with Crippen LogP contribution in [-0.2, 0) is 9.84 Å². The third-order valence-electron chi connectivity index (χ3n) is 6.16. The van der Waals surface area contributed by atoms with Crippen LogP contribution in [0.25, 0.3) is 16.8 Å². The van der Waals surface area contributed by atoms with Crippen LogP contribution in [0.3, 0.4) is 0 Å². The molecule has 0 spiro atoms. The number of nitrogens with one attached hydrogen (secondary N) is 1. The third-order valence-corrected chi connectivity index (χ3v) is 8.07. The first-order chi connectivity index (χ1) is 15.2. The van der Waals surface area contributed by atoms with E-state index in [9.17, 15) is 13.2 Å². The zero-order valence-electron chi connectivity index (χ0n) is 18.1. The van der Waals surface area contributed by atoms with E-state index in [2.05, 4.69) is 20.8 Å². The molecule has 1 amide bonds. The van der Waals surface area contributed by atoms with Gasteiger partial charge in [-0.15, -0.1) is 5.10 Å². The van der Waals surface area contributed by atoms with Gasteiger partial charge in [-0.1, -0.05) is 29.8 Å². The maximum atomic E-state index is 13.2. The molecule has 9 heteroatoms. The van der Waals surface area contributed by atoms with Crippen LogP contribution in [0.15, 0.2) is 42.5 Å². The molecule has 2 fully saturated rings. The summed E-state index contributed by atoms with van der Waals surface area (Å²) in [5.41, 5.74) is 3.38. The normalized spacial score (nSPS) is 22.1. The third kappa shape index (κ3) is 4.17. The molecule has 3 aromatic rings. The first-order valence-electron chi connectivity index (χ1n) is 10.8. The quantitative estimate of drug-likeness (QED) is 0.639. The van der Waals surface area contributed by atoms with Gasteiger partial charge in [0.05, 0.1) is 22.7 Å². The van der Waals surface area contributed by atoms with Crippen LogP contribution in [0.2, 0.25) is 0 Å². The van der Waals surface area contributed by atoms with Crippen molar-refractivity contribution in [3.63, 3.8) is 0 Å². The predicted molar refractivity (Wildman–Crippen MR) is 120 cm³/mol. The molecule has 32 heavy (non-hydrogen) atoms. The van der Waals surface area contributed by atoms with Crippen LogP contribution in [-0.4, -0.2) is 51.6 Å². The summed E-state index contributed by atoms with van der Waals surface area (Å²) in [6.07, 6.45) is 2.51. The number of aromatic nitrogens is 4. The van der Waals surface area contributed by atoms with Gasteiger partial charge < -0.3 is 5.32 Å². The Balaban J connectivity index is 1.55. The van der Waals surface area contributed by atoms with Gasteiger partial charge >= 0.3 is 0 Å². The summed E-state index contributed by atoms with van der Waals surface area (Å²) < 4.78 is 25.6. The highest BCUT2D eigenvalue weighted by atomic mass is 32.2. The fourth-order valence-corrected chi connectivity index (χ4v) is 6.30. The Hall–Kier alpha value is -3.07. The standard InChI is InChI=1S/C23H25N5O3S/c1-15-3-5-16(6-4-15)18-11-19(22(29)24-23(2)9-10-32(30,31)14-23)13-20(12-18)28-21(17-7-8-17)25-26-27-28/h3-6,11-13,17H,7-10,14H2,1-2H3,(H,24,29). The van der Waals surface area contributed by atoms with Crippen LogP contribution in [0.1, 0.15) is 53.8 Å². The second kappa shape index (κ2) is 7.51. The Bertz CT molecular complexity index is 1300. The number of aryl methyl sites for hydroxylation is 1. The van der Waals surface area contributed by atoms with Gasteiger partial charge in [0.2, 0.25) is 0 Å². The predicted octanol–water partition coefficient (Wildman–Crippen LogP) is 2.82. The number of hydrogen-bond donors (Lipinski definition) is 1. The SMILES string of the molecule is Cc1ccc(-c2cc(C(=O)NC3(C)CCS(=O)(=O)C3)cc(-n3nnnc3C3CC3)c2)cc1. The summed E-state index contributed by atoms with van der Waals surface area (Å²) in [5.74, 6) is 0.878. The van der Waals surface area contributed by atoms with Crippen molar-refractivity contribution >= 4 is 15.7 Å². The largest absolute Gasteiger partial charge is 0.346 e. The molecule has 1 saturated carbocycles. The molecule has 1 unspecified atom stereocenters. The summed E-state index contributed by atoms with van der Waals surface area (Å²) in [6.45, 7) is 3.81. The van der Waals surface area contributed by atoms with Gasteiger partial charge in [0, 0.05) is 11.5 Å². The number of rotatable bonds is 5. The number of tetrazole rings is 1. The van der Waals surface area contributed by atoms with E-state index in [1.54, 1.807) is 17.7 Å². The maximum absolute atomic E-state index is 13.2. The Labute approximate surface area is 187 Å². The molecule has 2 aromatic carbocycles. The molecule has 1 aliphatic heterocycles. The Morgan fingerprint density at radius 1 is 1.12 bits per heavy atom. The van der Waals surface area contributed by atoms with Gasteiger partial charge in [-0.2, -0.15) is 4.68 Å². The van der Waals surface area contributed by atoms with Gasteiger partial charge in [0.25, 0.3) is 5.91 Å². The van der Waals surface area contributed by atoms with E-state index in [-0.39, 0.29) is 17.4 Å². The highest BCUT2D eigenvalue weighted by Crippen LogP contribution is 2.39. The zero-order chi connectivity index (χ0) is 22.5. The van der Waals surface area contributed by atoms with E-state index < -0.39 is 15.4 Å². The molecule has 2 heterocycles. The van der Waals surface area contributed by atoms with Crippen molar-refractivity contribution in [2.24, 2.45) is 0 Å². The van der Waals surface area contributed by atoms with E-state index in [1.165, 1.54) is 0 Å². The van der Waals surface area contributed by atoms with Crippen LogP contribution in [0.4, 0.5) is 0 Å². The van der Waals surface area contributed by atoms with Crippen molar-refractivity contribution < 1.29 is 13.2 Å². The summed E-state index contributed by atoms with van der Waals surface area (Å²) in [6, 6.07) is 13.7. The second-order valence-electron chi connectivity index (χ2n) is 9.21. The summed E-state index contributed by atoms with van der Waals surface area (Å²) in [7, 11) is -3.13. The molecule has 166 valence electrons. The van der Waals surface area contributed by atoms with Crippen LogP contribution >= 0.6 is 0 Å². The number of nitrogens with zero attached hydrogens (tertiary/aromatic N) is 4. The molecule has 5 rings (SSSR count). The van der Waals surface area contributed by atoms with Crippen molar-refractivity contribution in [3.8, 4) is 16.8 Å². The molecule has 8 nitrogen and oxygen atoms in total. The summed E-state index contributed by atoms with van der Waals surface area (Å²) >= 11 is 0. The summed E-state index contributed by atoms with van der Waals surface area (Å²) in [4.78, 5) is 13.2. The molecule has 0 bridgehead atoms. The molecule has 1 aliphatic carbocycles. The Morgan fingerprint density at radius 3 is 2.53 bits per heavy atom. The number of hydrogen-bond acceptors (Lipinski definition) is 6. The van der Waals surface area contributed by atoms with E-state index in [1.807, 2.05) is 43.3 Å². The topological polar surface area (TPSA) is 107 Å². The first-order valence-corrected chi connectivity index (χ1v) is 12.6. The summed E-state index contributed by atoms with van der Waals surface area (Å²) in [5, 5.41) is 15.2. The molecule has 2 aliphatic rings. The molecular formula is C23H25N5O3S. The van der Waals surface area contributed by atoms with Gasteiger partial charge in [0.15, 0.2) is 15.7 Å². The zero-order valence-corrected chi connectivity index (χ0v) is 18.9. The highest BCUT2D eigenvalue weighted by Gasteiger charge is 2.39. The fraction of sp³-hybridized carbons (Fsp3) is 0.391. The second-order valence-corrected chi connectivity index (χ2v) is 11.4. The lowest BCUT2D eigenvalue weighted by atomic mass is 9.98. The maximum Gasteiger partial charge on any atom is 0.251 e. The van der Waals surface area contributed by atoms with Gasteiger partial charge in [-0.05, 0) is 72.9 Å². The van der Waals surface area contributed by atoms with Gasteiger partial charge in [0.1, 0.15) is 0 Å². The number of carbonyl (C=O) groups is 1. The average Bonchev–Trinajstić information content (AvgIpc) is 3.40. The van der Waals surface area contributed by atoms with Crippen LogP contribution < -0.4 is 5.32 Å². The molecule has 0 radical (unpaired) electrons. The van der Waals surface area contributed by atoms with Crippen molar-refractivity contribution in [1.29, 1.82) is 0 Å². The van der Waals surface area contributed by atoms with Gasteiger partial charge in [-0.3, -0.25) is 4.79 Å². The lowest BCUT2D eigenvalue weighted by Gasteiger charge is -2.24. The van der Waals surface area contributed by atoms with Crippen molar-refractivity contribution in [1.82, 2.24) is 25.5 Å². The smallest absolute Gasteiger partial charge is 0.251 e. The molecule has 1 N–H and O–H groups in total. The number of benzene rings is 2. The van der Waals surface area contributed by atoms with Crippen molar-refractivity contribution in [3.05, 3.63) is 59.4 Å². The highest BCUT2D eigenvalue weighted by molar-refractivity contribution is 7.91. The van der Waals surface area contributed by atoms with E-state index in [4.69, 9.17) is 0 Å². The monoisotopic (exact) mass is 451 g/mol. The Kier molecular flexibility index (Phi) is 4.88. The lowest BCUT2D eigenvalue weighted by molar-refractivity contribution is 0.0915. The minimum absolute atomic E-state index is 0.0466. The number of carbonyl (C=O) groups excluding carboxylic acids is 1. The minimum Gasteiger partial charge on any atom is -0.346 e. The number of amides is 1. The minimum atomic E-state index is -3.13. The van der Waals surface area contributed by atoms with Crippen molar-refractivity contribution in [2.75, 3.05) is 11.5 Å². The van der Waals surface area contributed by atoms with Crippen molar-refractivity contribution in [2.45, 2.75) is 44.6 Å². The van der Waals surface area contributed by atoms with Crippen LogP contribution in [0, 0.1) is 6.92 Å². The van der Waals surface area contributed by atoms with Crippen LogP contribution in [0.5, 0.6) is 0 Å². The average molecular weight is 452 g/mol. The van der Waals surface area contributed by atoms with E-state index >= 15 is 0 Å². The molecule has 1 atom stereocenters. The van der Waals surface area contributed by atoms with E-state index in [0.29, 0.717) is 23.6 Å². The van der Waals surface area contributed by atoms with Gasteiger partial charge in [-0.25, -0.2) is 8.42 Å².